The normalized spacial score (nSPS) is 26.7. The second-order valence-corrected chi connectivity index (χ2v) is 7.42. The van der Waals surface area contributed by atoms with Crippen molar-refractivity contribution >= 4 is 23.2 Å². The number of carboxylic acids is 1. The van der Waals surface area contributed by atoms with E-state index in [9.17, 15) is 14.7 Å². The molecule has 1 aromatic carbocycles. The first-order valence-electron chi connectivity index (χ1n) is 8.32. The number of nitrogens with zero attached hydrogens (tertiary/aromatic N) is 1. The smallest absolute Gasteiger partial charge is 0.307 e. The van der Waals surface area contributed by atoms with E-state index in [1.807, 2.05) is 47.9 Å². The van der Waals surface area contributed by atoms with Crippen molar-refractivity contribution in [3.63, 3.8) is 0 Å². The Labute approximate surface area is 149 Å². The number of aromatic nitrogens is 1. The van der Waals surface area contributed by atoms with Crippen LogP contribution >= 0.6 is 11.3 Å². The lowest BCUT2D eigenvalue weighted by molar-refractivity contribution is -0.147. The van der Waals surface area contributed by atoms with Gasteiger partial charge in [0.25, 0.3) is 0 Å². The highest BCUT2D eigenvalue weighted by Crippen LogP contribution is 2.48. The Bertz CT molecular complexity index is 830. The largest absolute Gasteiger partial charge is 0.481 e. The highest BCUT2D eigenvalue weighted by molar-refractivity contribution is 7.13. The van der Waals surface area contributed by atoms with Crippen molar-refractivity contribution in [3.8, 4) is 10.6 Å². The number of hydrogen-bond donors (Lipinski definition) is 2. The maximum atomic E-state index is 12.6. The molecule has 0 aliphatic heterocycles. The van der Waals surface area contributed by atoms with Crippen molar-refractivity contribution < 1.29 is 14.7 Å². The summed E-state index contributed by atoms with van der Waals surface area (Å²) in [7, 11) is 0. The molecule has 1 aromatic heterocycles. The molecular weight excluding hydrogens is 336 g/mol. The summed E-state index contributed by atoms with van der Waals surface area (Å²) < 4.78 is 0. The molecule has 2 bridgehead atoms. The second-order valence-electron chi connectivity index (χ2n) is 6.57. The van der Waals surface area contributed by atoms with Crippen LogP contribution in [0.3, 0.4) is 0 Å². The molecule has 4 rings (SSSR count). The summed E-state index contributed by atoms with van der Waals surface area (Å²) in [6.07, 6.45) is 4.70. The van der Waals surface area contributed by atoms with Crippen LogP contribution in [0.4, 0.5) is 0 Å². The molecule has 0 radical (unpaired) electrons. The minimum Gasteiger partial charge on any atom is -0.481 e. The van der Waals surface area contributed by atoms with E-state index in [0.29, 0.717) is 6.54 Å². The molecule has 128 valence electrons. The molecule has 2 N–H and O–H groups in total. The number of rotatable bonds is 5. The van der Waals surface area contributed by atoms with Crippen molar-refractivity contribution in [1.82, 2.24) is 10.3 Å². The van der Waals surface area contributed by atoms with Crippen LogP contribution in [0.1, 0.15) is 12.1 Å². The Morgan fingerprint density at radius 1 is 1.16 bits per heavy atom. The van der Waals surface area contributed by atoms with Gasteiger partial charge in [0, 0.05) is 10.9 Å². The van der Waals surface area contributed by atoms with Crippen LogP contribution in [0.5, 0.6) is 0 Å². The summed E-state index contributed by atoms with van der Waals surface area (Å²) in [5.74, 6) is -2.11. The summed E-state index contributed by atoms with van der Waals surface area (Å²) in [5, 5.41) is 15.2. The monoisotopic (exact) mass is 354 g/mol. The number of aliphatic carboxylic acids is 1. The third kappa shape index (κ3) is 2.98. The van der Waals surface area contributed by atoms with Crippen LogP contribution in [0.15, 0.2) is 47.9 Å². The van der Waals surface area contributed by atoms with E-state index >= 15 is 0 Å². The van der Waals surface area contributed by atoms with Crippen molar-refractivity contribution in [2.24, 2.45) is 23.7 Å². The Morgan fingerprint density at radius 2 is 1.88 bits per heavy atom. The zero-order valence-electron chi connectivity index (χ0n) is 13.5. The zero-order valence-corrected chi connectivity index (χ0v) is 14.3. The number of amides is 1. The predicted molar refractivity (Wildman–Crippen MR) is 94.7 cm³/mol. The van der Waals surface area contributed by atoms with Gasteiger partial charge in [-0.1, -0.05) is 42.5 Å². The molecule has 6 heteroatoms. The summed E-state index contributed by atoms with van der Waals surface area (Å²) in [6, 6.07) is 9.89. The molecule has 0 unspecified atom stereocenters. The Hall–Kier alpha value is -2.47. The summed E-state index contributed by atoms with van der Waals surface area (Å²) in [5.41, 5.74) is 1.84. The van der Waals surface area contributed by atoms with Crippen molar-refractivity contribution in [1.29, 1.82) is 0 Å². The van der Waals surface area contributed by atoms with Gasteiger partial charge in [-0.3, -0.25) is 9.59 Å². The van der Waals surface area contributed by atoms with Crippen LogP contribution in [0.2, 0.25) is 0 Å². The van der Waals surface area contributed by atoms with Gasteiger partial charge >= 0.3 is 5.97 Å². The quantitative estimate of drug-likeness (QED) is 0.809. The molecule has 4 atom stereocenters. The van der Waals surface area contributed by atoms with Gasteiger partial charge in [0.2, 0.25) is 5.91 Å². The zero-order chi connectivity index (χ0) is 17.4. The van der Waals surface area contributed by atoms with Crippen molar-refractivity contribution in [2.75, 3.05) is 0 Å². The molecule has 1 saturated carbocycles. The van der Waals surface area contributed by atoms with E-state index < -0.39 is 17.8 Å². The number of thiazole rings is 1. The van der Waals surface area contributed by atoms with Gasteiger partial charge in [0.05, 0.1) is 24.1 Å². The van der Waals surface area contributed by atoms with Crippen LogP contribution in [-0.2, 0) is 16.1 Å². The first kappa shape index (κ1) is 16.0. The molecular formula is C19H18N2O3S. The summed E-state index contributed by atoms with van der Waals surface area (Å²) in [6.45, 7) is 0.326. The molecule has 2 aliphatic rings. The van der Waals surface area contributed by atoms with Crippen LogP contribution < -0.4 is 5.32 Å². The van der Waals surface area contributed by atoms with E-state index in [0.717, 1.165) is 22.7 Å². The van der Waals surface area contributed by atoms with Crippen LogP contribution in [-0.4, -0.2) is 22.0 Å². The third-order valence-electron chi connectivity index (χ3n) is 5.06. The number of fused-ring (bicyclic) bond motifs is 2. The molecule has 1 fully saturated rings. The van der Waals surface area contributed by atoms with Crippen molar-refractivity contribution in [2.45, 2.75) is 13.0 Å². The maximum Gasteiger partial charge on any atom is 0.307 e. The fraction of sp³-hybridized carbons (Fsp3) is 0.316. The molecule has 2 aliphatic carbocycles. The number of allylic oxidation sites excluding steroid dienone is 2. The fourth-order valence-electron chi connectivity index (χ4n) is 3.91. The predicted octanol–water partition coefficient (Wildman–Crippen LogP) is 2.95. The number of carboxylic acid groups (broad SMARTS) is 1. The van der Waals surface area contributed by atoms with Crippen molar-refractivity contribution in [3.05, 3.63) is 53.6 Å². The minimum absolute atomic E-state index is 0.0118. The lowest BCUT2D eigenvalue weighted by Gasteiger charge is -2.23. The molecule has 0 saturated heterocycles. The van der Waals surface area contributed by atoms with E-state index in [1.54, 1.807) is 0 Å². The molecule has 5 nitrogen and oxygen atoms in total. The molecule has 2 aromatic rings. The number of carbonyl (C=O) groups excluding carboxylic acids is 1. The SMILES string of the molecule is O=C(O)[C@@H]1[C@@H](C(=O)NCc2csc(-c3ccccc3)n2)[C@H]2C=C[C@H]1C2. The van der Waals surface area contributed by atoms with Gasteiger partial charge in [-0.2, -0.15) is 0 Å². The maximum absolute atomic E-state index is 12.6. The van der Waals surface area contributed by atoms with E-state index in [-0.39, 0.29) is 17.7 Å². The lowest BCUT2D eigenvalue weighted by atomic mass is 9.82. The third-order valence-corrected chi connectivity index (χ3v) is 6.00. The molecule has 1 heterocycles. The van der Waals surface area contributed by atoms with Gasteiger partial charge < -0.3 is 10.4 Å². The fourth-order valence-corrected chi connectivity index (χ4v) is 4.74. The van der Waals surface area contributed by atoms with Gasteiger partial charge in [-0.15, -0.1) is 11.3 Å². The minimum atomic E-state index is -0.878. The highest BCUT2D eigenvalue weighted by atomic mass is 32.1. The number of nitrogens with one attached hydrogen (secondary N) is 1. The van der Waals surface area contributed by atoms with Crippen LogP contribution in [0.25, 0.3) is 10.6 Å². The number of carbonyl (C=O) groups is 2. The second kappa shape index (κ2) is 6.44. The van der Waals surface area contributed by atoms with E-state index in [2.05, 4.69) is 10.3 Å². The van der Waals surface area contributed by atoms with Gasteiger partial charge in [-0.25, -0.2) is 4.98 Å². The first-order chi connectivity index (χ1) is 12.1. The lowest BCUT2D eigenvalue weighted by Crippen LogP contribution is -2.39. The summed E-state index contributed by atoms with van der Waals surface area (Å²) in [4.78, 5) is 28.6. The number of benzene rings is 1. The van der Waals surface area contributed by atoms with Gasteiger partial charge in [0.15, 0.2) is 0 Å². The molecule has 0 spiro atoms. The summed E-state index contributed by atoms with van der Waals surface area (Å²) >= 11 is 1.54. The topological polar surface area (TPSA) is 79.3 Å². The van der Waals surface area contributed by atoms with Gasteiger partial charge in [0.1, 0.15) is 5.01 Å². The Balaban J connectivity index is 1.42. The van der Waals surface area contributed by atoms with Crippen LogP contribution in [0, 0.1) is 23.7 Å². The standard InChI is InChI=1S/C19H18N2O3S/c22-17(15-12-6-7-13(8-12)16(15)19(23)24)20-9-14-10-25-18(21-14)11-4-2-1-3-5-11/h1-7,10,12-13,15-16H,8-9H2,(H,20,22)(H,23,24)/t12-,13-,15-,16-/m0/s1. The first-order valence-corrected chi connectivity index (χ1v) is 9.20. The van der Waals surface area contributed by atoms with Gasteiger partial charge in [-0.05, 0) is 18.3 Å². The average molecular weight is 354 g/mol. The Kier molecular flexibility index (Phi) is 4.13. The van der Waals surface area contributed by atoms with E-state index in [4.69, 9.17) is 0 Å². The Morgan fingerprint density at radius 3 is 2.60 bits per heavy atom. The molecule has 1 amide bonds. The number of hydrogen-bond acceptors (Lipinski definition) is 4. The van der Waals surface area contributed by atoms with E-state index in [1.165, 1.54) is 11.3 Å². The highest BCUT2D eigenvalue weighted by Gasteiger charge is 2.51. The average Bonchev–Trinajstić information content (AvgIpc) is 3.35. The molecule has 25 heavy (non-hydrogen) atoms.